The van der Waals surface area contributed by atoms with Gasteiger partial charge in [0.2, 0.25) is 0 Å². The van der Waals surface area contributed by atoms with Crippen molar-refractivity contribution in [1.82, 2.24) is 4.98 Å². The highest BCUT2D eigenvalue weighted by Crippen LogP contribution is 2.18. The van der Waals surface area contributed by atoms with Crippen LogP contribution in [0, 0.1) is 19.7 Å². The Bertz CT molecular complexity index is 234. The molecule has 12 heavy (non-hydrogen) atoms. The molecule has 1 heterocycles. The maximum atomic E-state index is 12.9. The van der Waals surface area contributed by atoms with Crippen LogP contribution in [0.5, 0.6) is 0 Å². The standard InChI is InChI=1S/C7H7BrFN.C2H6/c1-4-6(8)3-10-5(2)7(4)9;1-2/h3H,1-2H3;1-2H3. The van der Waals surface area contributed by atoms with E-state index in [1.165, 1.54) is 0 Å². The van der Waals surface area contributed by atoms with E-state index in [2.05, 4.69) is 20.9 Å². The van der Waals surface area contributed by atoms with Gasteiger partial charge in [0, 0.05) is 16.2 Å². The Labute approximate surface area is 81.1 Å². The number of hydrogen-bond donors (Lipinski definition) is 0. The molecule has 0 aliphatic heterocycles. The van der Waals surface area contributed by atoms with Gasteiger partial charge in [-0.1, -0.05) is 13.8 Å². The van der Waals surface area contributed by atoms with Crippen LogP contribution >= 0.6 is 15.9 Å². The predicted molar refractivity (Wildman–Crippen MR) is 52.7 cm³/mol. The summed E-state index contributed by atoms with van der Waals surface area (Å²) in [6, 6.07) is 0. The lowest BCUT2D eigenvalue weighted by Gasteiger charge is -2.00. The van der Waals surface area contributed by atoms with Crippen molar-refractivity contribution in [2.45, 2.75) is 27.7 Å². The summed E-state index contributed by atoms with van der Waals surface area (Å²) in [5, 5.41) is 0. The van der Waals surface area contributed by atoms with Gasteiger partial charge in [0.15, 0.2) is 0 Å². The molecule has 1 rings (SSSR count). The second-order valence-corrected chi connectivity index (χ2v) is 2.98. The lowest BCUT2D eigenvalue weighted by Crippen LogP contribution is -1.91. The van der Waals surface area contributed by atoms with E-state index >= 15 is 0 Å². The summed E-state index contributed by atoms with van der Waals surface area (Å²) in [6.45, 7) is 7.36. The molecule has 0 saturated heterocycles. The summed E-state index contributed by atoms with van der Waals surface area (Å²) in [4.78, 5) is 3.82. The molecule has 0 N–H and O–H groups in total. The molecule has 1 aromatic heterocycles. The first-order valence-corrected chi connectivity index (χ1v) is 4.69. The largest absolute Gasteiger partial charge is 0.257 e. The van der Waals surface area contributed by atoms with E-state index < -0.39 is 0 Å². The van der Waals surface area contributed by atoms with Gasteiger partial charge in [-0.25, -0.2) is 4.39 Å². The SMILES string of the molecule is CC.Cc1ncc(Br)c(C)c1F. The van der Waals surface area contributed by atoms with Crippen molar-refractivity contribution in [2.75, 3.05) is 0 Å². The van der Waals surface area contributed by atoms with Gasteiger partial charge in [0.25, 0.3) is 0 Å². The van der Waals surface area contributed by atoms with E-state index in [4.69, 9.17) is 0 Å². The van der Waals surface area contributed by atoms with E-state index in [1.807, 2.05) is 13.8 Å². The summed E-state index contributed by atoms with van der Waals surface area (Å²) in [5.41, 5.74) is 1.06. The minimum absolute atomic E-state index is 0.227. The van der Waals surface area contributed by atoms with Crippen LogP contribution in [0.3, 0.4) is 0 Å². The Morgan fingerprint density at radius 3 is 2.25 bits per heavy atom. The minimum atomic E-state index is -0.227. The van der Waals surface area contributed by atoms with Gasteiger partial charge in [-0.3, -0.25) is 4.98 Å². The van der Waals surface area contributed by atoms with Gasteiger partial charge in [0.1, 0.15) is 5.82 Å². The summed E-state index contributed by atoms with van der Waals surface area (Å²) in [5.74, 6) is -0.227. The number of pyridine rings is 1. The third kappa shape index (κ3) is 2.55. The molecule has 0 aliphatic rings. The summed E-state index contributed by atoms with van der Waals surface area (Å²) in [6.07, 6.45) is 1.60. The highest BCUT2D eigenvalue weighted by Gasteiger charge is 2.04. The number of aromatic nitrogens is 1. The topological polar surface area (TPSA) is 12.9 Å². The summed E-state index contributed by atoms with van der Waals surface area (Å²) in [7, 11) is 0. The second-order valence-electron chi connectivity index (χ2n) is 2.13. The lowest BCUT2D eigenvalue weighted by molar-refractivity contribution is 0.599. The second kappa shape index (κ2) is 5.25. The van der Waals surface area contributed by atoms with Crippen LogP contribution in [0.25, 0.3) is 0 Å². The van der Waals surface area contributed by atoms with E-state index in [-0.39, 0.29) is 5.82 Å². The molecule has 0 fully saturated rings. The maximum absolute atomic E-state index is 12.9. The van der Waals surface area contributed by atoms with Gasteiger partial charge in [-0.2, -0.15) is 0 Å². The predicted octanol–water partition coefficient (Wildman–Crippen LogP) is 3.63. The third-order valence-corrected chi connectivity index (χ3v) is 2.18. The molecule has 0 amide bonds. The smallest absolute Gasteiger partial charge is 0.148 e. The number of rotatable bonds is 0. The molecular formula is C9H13BrFN. The highest BCUT2D eigenvalue weighted by molar-refractivity contribution is 9.10. The average molecular weight is 234 g/mol. The lowest BCUT2D eigenvalue weighted by atomic mass is 10.2. The molecule has 0 aromatic carbocycles. The van der Waals surface area contributed by atoms with E-state index in [0.29, 0.717) is 11.3 Å². The van der Waals surface area contributed by atoms with Crippen LogP contribution in [0.1, 0.15) is 25.1 Å². The van der Waals surface area contributed by atoms with Gasteiger partial charge in [-0.15, -0.1) is 0 Å². The Kier molecular flexibility index (Phi) is 5.06. The third-order valence-electron chi connectivity index (χ3n) is 1.38. The van der Waals surface area contributed by atoms with Crippen LogP contribution in [0.2, 0.25) is 0 Å². The fraction of sp³-hybridized carbons (Fsp3) is 0.444. The number of hydrogen-bond acceptors (Lipinski definition) is 1. The van der Waals surface area contributed by atoms with Crippen molar-refractivity contribution in [1.29, 1.82) is 0 Å². The van der Waals surface area contributed by atoms with E-state index in [0.717, 1.165) is 4.47 Å². The van der Waals surface area contributed by atoms with Crippen molar-refractivity contribution in [2.24, 2.45) is 0 Å². The number of aryl methyl sites for hydroxylation is 1. The van der Waals surface area contributed by atoms with Crippen LogP contribution in [-0.4, -0.2) is 4.98 Å². The van der Waals surface area contributed by atoms with Gasteiger partial charge >= 0.3 is 0 Å². The van der Waals surface area contributed by atoms with Crippen LogP contribution in [-0.2, 0) is 0 Å². The summed E-state index contributed by atoms with van der Waals surface area (Å²) < 4.78 is 13.6. The van der Waals surface area contributed by atoms with Crippen molar-refractivity contribution < 1.29 is 4.39 Å². The van der Waals surface area contributed by atoms with Crippen LogP contribution in [0.4, 0.5) is 4.39 Å². The Morgan fingerprint density at radius 1 is 1.33 bits per heavy atom. The van der Waals surface area contributed by atoms with Crippen LogP contribution < -0.4 is 0 Å². The van der Waals surface area contributed by atoms with Crippen LogP contribution in [0.15, 0.2) is 10.7 Å². The van der Waals surface area contributed by atoms with Crippen molar-refractivity contribution in [3.05, 3.63) is 27.7 Å². The first-order chi connectivity index (χ1) is 5.63. The van der Waals surface area contributed by atoms with Gasteiger partial charge in [-0.05, 0) is 29.8 Å². The molecule has 0 saturated carbocycles. The monoisotopic (exact) mass is 233 g/mol. The molecule has 1 nitrogen and oxygen atoms in total. The molecule has 0 aliphatic carbocycles. The molecule has 1 aromatic rings. The fourth-order valence-corrected chi connectivity index (χ4v) is 0.960. The first kappa shape index (κ1) is 11.6. The van der Waals surface area contributed by atoms with Crippen molar-refractivity contribution in [3.8, 4) is 0 Å². The number of halogens is 2. The Balaban J connectivity index is 0.000000561. The van der Waals surface area contributed by atoms with Crippen molar-refractivity contribution in [3.63, 3.8) is 0 Å². The zero-order chi connectivity index (χ0) is 9.72. The molecule has 3 heteroatoms. The molecule has 0 radical (unpaired) electrons. The van der Waals surface area contributed by atoms with Crippen molar-refractivity contribution >= 4 is 15.9 Å². The van der Waals surface area contributed by atoms with Gasteiger partial charge < -0.3 is 0 Å². The zero-order valence-corrected chi connectivity index (χ0v) is 9.37. The molecule has 0 unspecified atom stereocenters. The minimum Gasteiger partial charge on any atom is -0.257 e. The Hall–Kier alpha value is -0.440. The quantitative estimate of drug-likeness (QED) is 0.667. The molecule has 0 atom stereocenters. The average Bonchev–Trinajstić information content (AvgIpc) is 2.12. The van der Waals surface area contributed by atoms with E-state index in [1.54, 1.807) is 20.0 Å². The zero-order valence-electron chi connectivity index (χ0n) is 7.78. The molecule has 68 valence electrons. The maximum Gasteiger partial charge on any atom is 0.148 e. The van der Waals surface area contributed by atoms with E-state index in [9.17, 15) is 4.39 Å². The molecule has 0 spiro atoms. The fourth-order valence-electron chi connectivity index (χ4n) is 0.683. The molecule has 0 bridgehead atoms. The normalized spacial score (nSPS) is 8.83. The first-order valence-electron chi connectivity index (χ1n) is 3.90. The number of nitrogens with zero attached hydrogens (tertiary/aromatic N) is 1. The highest BCUT2D eigenvalue weighted by atomic mass is 79.9. The molecular weight excluding hydrogens is 221 g/mol. The summed E-state index contributed by atoms with van der Waals surface area (Å²) >= 11 is 3.18. The van der Waals surface area contributed by atoms with Gasteiger partial charge in [0.05, 0.1) is 5.69 Å². The Morgan fingerprint density at radius 2 is 1.83 bits per heavy atom.